The van der Waals surface area contributed by atoms with Crippen molar-refractivity contribution in [3.8, 4) is 0 Å². The summed E-state index contributed by atoms with van der Waals surface area (Å²) >= 11 is 3.52. The number of benzene rings is 1. The number of hydrogen-bond donors (Lipinski definition) is 0. The van der Waals surface area contributed by atoms with Crippen LogP contribution >= 0.6 is 15.9 Å². The Kier molecular flexibility index (Phi) is 9.72. The van der Waals surface area contributed by atoms with Gasteiger partial charge in [0.2, 0.25) is 11.8 Å². The number of ether oxygens (including phenoxy) is 1. The van der Waals surface area contributed by atoms with Crippen LogP contribution in [0, 0.1) is 23.2 Å². The van der Waals surface area contributed by atoms with E-state index >= 15 is 0 Å². The van der Waals surface area contributed by atoms with E-state index in [4.69, 9.17) is 4.74 Å². The molecule has 40 heavy (non-hydrogen) atoms. The summed E-state index contributed by atoms with van der Waals surface area (Å²) in [7, 11) is 1.70. The monoisotopic (exact) mass is 611 g/mol. The van der Waals surface area contributed by atoms with Crippen LogP contribution < -0.4 is 0 Å². The van der Waals surface area contributed by atoms with Crippen LogP contribution in [0.4, 0.5) is 0 Å². The van der Waals surface area contributed by atoms with Crippen molar-refractivity contribution in [2.45, 2.75) is 77.8 Å². The van der Waals surface area contributed by atoms with E-state index in [1.54, 1.807) is 7.11 Å². The largest absolute Gasteiger partial charge is 0.385 e. The molecule has 4 aliphatic rings. The molecular formula is C33H46BrN3O3. The average Bonchev–Trinajstić information content (AvgIpc) is 3.36. The number of aromatic nitrogens is 1. The number of nitrogens with zero attached hydrogens (tertiary/aromatic N) is 3. The summed E-state index contributed by atoms with van der Waals surface area (Å²) < 4.78 is 8.62. The molecule has 0 atom stereocenters. The minimum atomic E-state index is -0.240. The maximum absolute atomic E-state index is 14.3. The van der Waals surface area contributed by atoms with E-state index in [1.165, 1.54) is 24.8 Å². The average molecular weight is 613 g/mol. The van der Waals surface area contributed by atoms with Crippen molar-refractivity contribution in [1.82, 2.24) is 14.4 Å². The highest BCUT2D eigenvalue weighted by Crippen LogP contribution is 2.60. The minimum Gasteiger partial charge on any atom is -0.385 e. The molecule has 0 radical (unpaired) electrons. The van der Waals surface area contributed by atoms with E-state index in [2.05, 4.69) is 70.0 Å². The Balaban J connectivity index is 1.30. The molecule has 6 nitrogen and oxygen atoms in total. The molecule has 0 N–H and O–H groups in total. The molecule has 4 aliphatic carbocycles. The zero-order valence-electron chi connectivity index (χ0n) is 24.3. The zero-order chi connectivity index (χ0) is 28.1. The lowest BCUT2D eigenvalue weighted by Crippen LogP contribution is -2.56. The van der Waals surface area contributed by atoms with Crippen LogP contribution in [0.1, 0.15) is 76.0 Å². The van der Waals surface area contributed by atoms with E-state index < -0.39 is 0 Å². The lowest BCUT2D eigenvalue weighted by Gasteiger charge is -2.56. The summed E-state index contributed by atoms with van der Waals surface area (Å²) in [5, 5.41) is 0. The molecule has 1 heterocycles. The standard InChI is InChI=1S/C33H46BrN3O3/c1-3-4-12-36(23-30-7-5-13-35(30)22-25-8-10-29(34)11-9-25)31(38)24-37(14-6-15-40-2)32(39)33-19-26-16-27(20-33)18-28(17-26)21-33/h5,7-11,13,26-28H,3-4,6,12,14-24H2,1-2H3. The molecule has 6 rings (SSSR count). The Bertz CT molecular complexity index is 1110. The van der Waals surface area contributed by atoms with Gasteiger partial charge in [0.15, 0.2) is 0 Å². The third-order valence-corrected chi connectivity index (χ3v) is 10.1. The minimum absolute atomic E-state index is 0.0559. The zero-order valence-corrected chi connectivity index (χ0v) is 25.9. The second-order valence-electron chi connectivity index (χ2n) is 12.7. The van der Waals surface area contributed by atoms with E-state index in [9.17, 15) is 9.59 Å². The van der Waals surface area contributed by atoms with Crippen LogP contribution in [-0.4, -0.2) is 59.5 Å². The van der Waals surface area contributed by atoms with Crippen LogP contribution in [0.5, 0.6) is 0 Å². The van der Waals surface area contributed by atoms with Gasteiger partial charge in [-0.25, -0.2) is 0 Å². The summed E-state index contributed by atoms with van der Waals surface area (Å²) in [6.07, 6.45) is 11.8. The molecule has 218 valence electrons. The molecule has 7 heteroatoms. The van der Waals surface area contributed by atoms with Gasteiger partial charge in [-0.3, -0.25) is 9.59 Å². The molecule has 0 saturated heterocycles. The van der Waals surface area contributed by atoms with Crippen molar-refractivity contribution in [3.63, 3.8) is 0 Å². The lowest BCUT2D eigenvalue weighted by molar-refractivity contribution is -0.160. The Morgan fingerprint density at radius 3 is 2.25 bits per heavy atom. The first-order chi connectivity index (χ1) is 19.4. The highest BCUT2D eigenvalue weighted by atomic mass is 79.9. The van der Waals surface area contributed by atoms with Gasteiger partial charge in [-0.1, -0.05) is 41.4 Å². The summed E-state index contributed by atoms with van der Waals surface area (Å²) in [5.41, 5.74) is 2.10. The molecule has 0 aliphatic heterocycles. The second kappa shape index (κ2) is 13.2. The van der Waals surface area contributed by atoms with Crippen molar-refractivity contribution in [2.24, 2.45) is 23.2 Å². The summed E-state index contributed by atoms with van der Waals surface area (Å²) in [4.78, 5) is 32.1. The van der Waals surface area contributed by atoms with Crippen molar-refractivity contribution in [2.75, 3.05) is 33.4 Å². The Morgan fingerprint density at radius 2 is 1.62 bits per heavy atom. The van der Waals surface area contributed by atoms with Gasteiger partial charge in [-0.2, -0.15) is 0 Å². The third kappa shape index (κ3) is 6.84. The quantitative estimate of drug-likeness (QED) is 0.229. The van der Waals surface area contributed by atoms with Gasteiger partial charge in [-0.05, 0) is 98.9 Å². The predicted molar refractivity (Wildman–Crippen MR) is 162 cm³/mol. The lowest BCUT2D eigenvalue weighted by atomic mass is 9.49. The van der Waals surface area contributed by atoms with E-state index in [0.717, 1.165) is 55.2 Å². The first kappa shape index (κ1) is 29.4. The second-order valence-corrected chi connectivity index (χ2v) is 13.6. The van der Waals surface area contributed by atoms with Crippen LogP contribution in [0.15, 0.2) is 47.1 Å². The number of methoxy groups -OCH3 is 1. The number of carbonyl (C=O) groups is 2. The normalized spacial score (nSPS) is 24.8. The molecule has 4 fully saturated rings. The van der Waals surface area contributed by atoms with E-state index in [1.807, 2.05) is 9.80 Å². The highest BCUT2D eigenvalue weighted by Gasteiger charge is 2.55. The van der Waals surface area contributed by atoms with Gasteiger partial charge in [0, 0.05) is 49.7 Å². The van der Waals surface area contributed by atoms with Gasteiger partial charge in [0.05, 0.1) is 18.5 Å². The molecule has 2 aromatic rings. The van der Waals surface area contributed by atoms with Crippen molar-refractivity contribution in [1.29, 1.82) is 0 Å². The SMILES string of the molecule is CCCCN(Cc1cccn1Cc1ccc(Br)cc1)C(=O)CN(CCCOC)C(=O)C12CC3CC(CC(C3)C1)C2. The number of rotatable bonds is 14. The maximum atomic E-state index is 14.3. The van der Waals surface area contributed by atoms with Crippen LogP contribution in [-0.2, 0) is 27.4 Å². The van der Waals surface area contributed by atoms with Crippen LogP contribution in [0.25, 0.3) is 0 Å². The summed E-state index contributed by atoms with van der Waals surface area (Å²) in [5.74, 6) is 2.40. The van der Waals surface area contributed by atoms with Crippen molar-refractivity contribution >= 4 is 27.7 Å². The van der Waals surface area contributed by atoms with Crippen molar-refractivity contribution in [3.05, 3.63) is 58.3 Å². The molecule has 4 saturated carbocycles. The van der Waals surface area contributed by atoms with Crippen LogP contribution in [0.2, 0.25) is 0 Å². The van der Waals surface area contributed by atoms with Gasteiger partial charge in [0.25, 0.3) is 0 Å². The highest BCUT2D eigenvalue weighted by molar-refractivity contribution is 9.10. The van der Waals surface area contributed by atoms with Gasteiger partial charge >= 0.3 is 0 Å². The molecule has 2 amide bonds. The molecule has 1 aromatic heterocycles. The number of hydrogen-bond acceptors (Lipinski definition) is 3. The maximum Gasteiger partial charge on any atom is 0.242 e. The van der Waals surface area contributed by atoms with E-state index in [0.29, 0.717) is 44.0 Å². The first-order valence-electron chi connectivity index (χ1n) is 15.3. The summed E-state index contributed by atoms with van der Waals surface area (Å²) in [6, 6.07) is 12.6. The van der Waals surface area contributed by atoms with Gasteiger partial charge in [0.1, 0.15) is 0 Å². The fourth-order valence-corrected chi connectivity index (χ4v) is 8.26. The Labute approximate surface area is 248 Å². The van der Waals surface area contributed by atoms with Gasteiger partial charge in [-0.15, -0.1) is 0 Å². The molecule has 4 bridgehead atoms. The van der Waals surface area contributed by atoms with E-state index in [-0.39, 0.29) is 23.8 Å². The topological polar surface area (TPSA) is 54.8 Å². The molecule has 1 aromatic carbocycles. The first-order valence-corrected chi connectivity index (χ1v) is 16.1. The van der Waals surface area contributed by atoms with Crippen molar-refractivity contribution < 1.29 is 14.3 Å². The smallest absolute Gasteiger partial charge is 0.242 e. The molecule has 0 unspecified atom stereocenters. The number of halogens is 1. The van der Waals surface area contributed by atoms with Crippen LogP contribution in [0.3, 0.4) is 0 Å². The molecule has 0 spiro atoms. The predicted octanol–water partition coefficient (Wildman–Crippen LogP) is 6.51. The Hall–Kier alpha value is -2.12. The third-order valence-electron chi connectivity index (χ3n) is 9.56. The van der Waals surface area contributed by atoms with Gasteiger partial charge < -0.3 is 19.1 Å². The number of amides is 2. The fourth-order valence-electron chi connectivity index (χ4n) is 7.99. The number of unbranched alkanes of at least 4 members (excludes halogenated alkanes) is 1. The fraction of sp³-hybridized carbons (Fsp3) is 0.636. The number of carbonyl (C=O) groups excluding carboxylic acids is 2. The molecular weight excluding hydrogens is 566 g/mol. The Morgan fingerprint density at radius 1 is 0.975 bits per heavy atom. The summed E-state index contributed by atoms with van der Waals surface area (Å²) in [6.45, 7) is 5.53.